The van der Waals surface area contributed by atoms with Crippen molar-refractivity contribution in [1.82, 2.24) is 24.1 Å². The minimum atomic E-state index is -0.313. The highest BCUT2D eigenvalue weighted by Crippen LogP contribution is 2.29. The third kappa shape index (κ3) is 4.08. The number of nitrogens with zero attached hydrogens (tertiary/aromatic N) is 5. The Labute approximate surface area is 200 Å². The first-order chi connectivity index (χ1) is 15.9. The predicted molar refractivity (Wildman–Crippen MR) is 133 cm³/mol. The summed E-state index contributed by atoms with van der Waals surface area (Å²) in [4.78, 5) is 29.8. The molecule has 0 fully saturated rings. The van der Waals surface area contributed by atoms with Crippen LogP contribution >= 0.6 is 23.1 Å². The number of para-hydroxylation sites is 1. The quantitative estimate of drug-likeness (QED) is 0.386. The summed E-state index contributed by atoms with van der Waals surface area (Å²) in [6.45, 7) is 8.20. The minimum absolute atomic E-state index is 0.0493. The lowest BCUT2D eigenvalue weighted by molar-refractivity contribution is -0.131. The van der Waals surface area contributed by atoms with Crippen LogP contribution < -0.4 is 5.56 Å². The molecule has 0 spiro atoms. The van der Waals surface area contributed by atoms with Gasteiger partial charge >= 0.3 is 0 Å². The number of rotatable bonds is 6. The Kier molecular flexibility index (Phi) is 6.01. The molecule has 0 saturated carbocycles. The molecule has 3 aromatic heterocycles. The fraction of sp³-hybridized carbons (Fsp3) is 0.417. The van der Waals surface area contributed by atoms with E-state index in [4.69, 9.17) is 0 Å². The largest absolute Gasteiger partial charge is 0.337 e. The number of carbonyl (C=O) groups excluding carboxylic acids is 1. The highest BCUT2D eigenvalue weighted by atomic mass is 32.2. The molecule has 0 saturated heterocycles. The van der Waals surface area contributed by atoms with Crippen LogP contribution in [0.5, 0.6) is 0 Å². The summed E-state index contributed by atoms with van der Waals surface area (Å²) < 4.78 is 3.65. The maximum atomic E-state index is 13.3. The number of benzene rings is 1. The second-order valence-electron chi connectivity index (χ2n) is 8.91. The second-order valence-corrected chi connectivity index (χ2v) is 11.2. The average molecular weight is 482 g/mol. The van der Waals surface area contributed by atoms with Gasteiger partial charge in [0.05, 0.1) is 16.2 Å². The molecule has 1 aliphatic heterocycles. The second kappa shape index (κ2) is 8.95. The van der Waals surface area contributed by atoms with Crippen LogP contribution in [0.25, 0.3) is 16.7 Å². The van der Waals surface area contributed by atoms with Gasteiger partial charge in [0.25, 0.3) is 5.56 Å². The van der Waals surface area contributed by atoms with Gasteiger partial charge in [0.15, 0.2) is 5.16 Å². The van der Waals surface area contributed by atoms with E-state index in [0.717, 1.165) is 24.9 Å². The number of fused-ring (bicyclic) bond motifs is 4. The SMILES string of the molecule is CC(C)CCn1c(=O)c2ccccc2n2c(SC(C)C(=O)N3CCc4sccc4C3)nnc12. The standard InChI is InChI=1S/C24H27N5O2S2/c1-15(2)8-12-28-22(31)18-6-4-5-7-19(18)29-23(28)25-26-24(29)33-16(3)21(30)27-11-9-20-17(14-27)10-13-32-20/h4-7,10,13,15-16H,8-9,11-12,14H2,1-3H3. The third-order valence-corrected chi connectivity index (χ3v) is 8.21. The van der Waals surface area contributed by atoms with E-state index in [1.165, 1.54) is 22.2 Å². The van der Waals surface area contributed by atoms with Crippen LogP contribution in [0.3, 0.4) is 0 Å². The van der Waals surface area contributed by atoms with E-state index >= 15 is 0 Å². The van der Waals surface area contributed by atoms with Crippen LogP contribution in [-0.2, 0) is 24.3 Å². The monoisotopic (exact) mass is 481 g/mol. The normalized spacial score (nSPS) is 14.8. The van der Waals surface area contributed by atoms with Gasteiger partial charge in [-0.2, -0.15) is 0 Å². The molecular weight excluding hydrogens is 454 g/mol. The molecule has 4 heterocycles. The van der Waals surface area contributed by atoms with Gasteiger partial charge in [0.2, 0.25) is 11.7 Å². The molecule has 172 valence electrons. The van der Waals surface area contributed by atoms with Crippen LogP contribution in [-0.4, -0.2) is 41.8 Å². The molecule has 0 bridgehead atoms. The Hall–Kier alpha value is -2.65. The summed E-state index contributed by atoms with van der Waals surface area (Å²) in [5.41, 5.74) is 1.97. The number of amides is 1. The molecule has 7 nitrogen and oxygen atoms in total. The summed E-state index contributed by atoms with van der Waals surface area (Å²) in [7, 11) is 0. The zero-order valence-electron chi connectivity index (χ0n) is 19.0. The predicted octanol–water partition coefficient (Wildman–Crippen LogP) is 4.22. The van der Waals surface area contributed by atoms with Crippen molar-refractivity contribution in [3.63, 3.8) is 0 Å². The van der Waals surface area contributed by atoms with Gasteiger partial charge < -0.3 is 4.90 Å². The molecule has 0 aliphatic carbocycles. The molecule has 0 radical (unpaired) electrons. The van der Waals surface area contributed by atoms with Crippen LogP contribution in [0.15, 0.2) is 45.7 Å². The number of hydrogen-bond acceptors (Lipinski definition) is 6. The van der Waals surface area contributed by atoms with E-state index in [9.17, 15) is 9.59 Å². The molecule has 1 atom stereocenters. The molecule has 33 heavy (non-hydrogen) atoms. The van der Waals surface area contributed by atoms with Crippen molar-refractivity contribution in [2.24, 2.45) is 5.92 Å². The van der Waals surface area contributed by atoms with Crippen LogP contribution in [0, 0.1) is 5.92 Å². The molecule has 9 heteroatoms. The number of aromatic nitrogens is 4. The average Bonchev–Trinajstić information content (AvgIpc) is 3.45. The molecule has 1 amide bonds. The third-order valence-electron chi connectivity index (χ3n) is 6.16. The fourth-order valence-corrected chi connectivity index (χ4v) is 6.13. The summed E-state index contributed by atoms with van der Waals surface area (Å²) in [6, 6.07) is 9.67. The van der Waals surface area contributed by atoms with Gasteiger partial charge in [-0.1, -0.05) is 37.7 Å². The van der Waals surface area contributed by atoms with E-state index < -0.39 is 0 Å². The minimum Gasteiger partial charge on any atom is -0.337 e. The molecule has 1 unspecified atom stereocenters. The van der Waals surface area contributed by atoms with E-state index in [1.54, 1.807) is 15.9 Å². The Morgan fingerprint density at radius 2 is 2.00 bits per heavy atom. The van der Waals surface area contributed by atoms with E-state index in [2.05, 4.69) is 35.5 Å². The summed E-state index contributed by atoms with van der Waals surface area (Å²) >= 11 is 3.17. The Morgan fingerprint density at radius 3 is 2.82 bits per heavy atom. The van der Waals surface area contributed by atoms with Crippen molar-refractivity contribution in [3.8, 4) is 0 Å². The smallest absolute Gasteiger partial charge is 0.262 e. The molecule has 1 aromatic carbocycles. The van der Waals surface area contributed by atoms with Crippen molar-refractivity contribution < 1.29 is 4.79 Å². The van der Waals surface area contributed by atoms with Crippen molar-refractivity contribution in [3.05, 3.63) is 56.5 Å². The van der Waals surface area contributed by atoms with Crippen LogP contribution in [0.4, 0.5) is 0 Å². The lowest BCUT2D eigenvalue weighted by atomic mass is 10.1. The van der Waals surface area contributed by atoms with E-state index in [1.807, 2.05) is 40.5 Å². The topological polar surface area (TPSA) is 72.5 Å². The molecule has 0 N–H and O–H groups in total. The van der Waals surface area contributed by atoms with Crippen LogP contribution in [0.2, 0.25) is 0 Å². The van der Waals surface area contributed by atoms with Crippen molar-refractivity contribution in [2.45, 2.75) is 57.1 Å². The molecule has 5 rings (SSSR count). The first kappa shape index (κ1) is 22.2. The first-order valence-corrected chi connectivity index (χ1v) is 13.1. The van der Waals surface area contributed by atoms with Gasteiger partial charge in [-0.25, -0.2) is 0 Å². The van der Waals surface area contributed by atoms with Gasteiger partial charge in [-0.15, -0.1) is 21.5 Å². The zero-order chi connectivity index (χ0) is 23.1. The van der Waals surface area contributed by atoms with Gasteiger partial charge in [-0.3, -0.25) is 18.6 Å². The number of thioether (sulfide) groups is 1. The summed E-state index contributed by atoms with van der Waals surface area (Å²) in [5.74, 6) is 1.10. The maximum Gasteiger partial charge on any atom is 0.262 e. The summed E-state index contributed by atoms with van der Waals surface area (Å²) in [6.07, 6.45) is 1.79. The number of thiophene rings is 1. The van der Waals surface area contributed by atoms with Crippen LogP contribution in [0.1, 0.15) is 37.6 Å². The number of aryl methyl sites for hydroxylation is 1. The Bertz CT molecular complexity index is 1390. The molecule has 4 aromatic rings. The summed E-state index contributed by atoms with van der Waals surface area (Å²) in [5, 5.41) is 11.9. The van der Waals surface area contributed by atoms with Gasteiger partial charge in [0.1, 0.15) is 0 Å². The van der Waals surface area contributed by atoms with Gasteiger partial charge in [-0.05, 0) is 54.8 Å². The van der Waals surface area contributed by atoms with E-state index in [-0.39, 0.29) is 16.7 Å². The lowest BCUT2D eigenvalue weighted by Gasteiger charge is -2.29. The Balaban J connectivity index is 1.48. The maximum absolute atomic E-state index is 13.3. The lowest BCUT2D eigenvalue weighted by Crippen LogP contribution is -2.39. The zero-order valence-corrected chi connectivity index (χ0v) is 20.7. The van der Waals surface area contributed by atoms with Crippen molar-refractivity contribution in [1.29, 1.82) is 0 Å². The fourth-order valence-electron chi connectivity index (χ4n) is 4.30. The number of carbonyl (C=O) groups is 1. The van der Waals surface area contributed by atoms with Crippen molar-refractivity contribution in [2.75, 3.05) is 6.54 Å². The highest BCUT2D eigenvalue weighted by molar-refractivity contribution is 8.00. The van der Waals surface area contributed by atoms with E-state index in [0.29, 0.717) is 35.3 Å². The highest BCUT2D eigenvalue weighted by Gasteiger charge is 2.28. The van der Waals surface area contributed by atoms with Crippen molar-refractivity contribution >= 4 is 45.7 Å². The first-order valence-electron chi connectivity index (χ1n) is 11.3. The number of hydrogen-bond donors (Lipinski definition) is 0. The molecular formula is C24H27N5O2S2. The molecule has 1 aliphatic rings. The Morgan fingerprint density at radius 1 is 1.18 bits per heavy atom. The van der Waals surface area contributed by atoms with Gasteiger partial charge in [0, 0.05) is 24.5 Å².